The maximum Gasteiger partial charge on any atom is 0.889 e. The monoisotopic (exact) mass is 83.0 g/mol. The lowest BCUT2D eigenvalue weighted by atomic mass is 10.4. The molecule has 0 unspecified atom stereocenters. The highest BCUT2D eigenvalue weighted by atomic mass is 16.5. The second kappa shape index (κ2) is 1.65. The van der Waals surface area contributed by atoms with E-state index in [1.807, 2.05) is 0 Å². The molecule has 0 radical (unpaired) electrons. The minimum Gasteiger partial charge on any atom is -0.483 e. The smallest absolute Gasteiger partial charge is 0.483 e. The Balaban J connectivity index is 2.46. The van der Waals surface area contributed by atoms with Gasteiger partial charge in [-0.1, -0.05) is 0 Å². The molecule has 0 N–H and O–H groups in total. The fourth-order valence-corrected chi connectivity index (χ4v) is 0.261. The van der Waals surface area contributed by atoms with Gasteiger partial charge in [0, 0.05) is 0 Å². The largest absolute Gasteiger partial charge is 0.889 e. The van der Waals surface area contributed by atoms with Crippen LogP contribution < -0.4 is 0 Å². The summed E-state index contributed by atoms with van der Waals surface area (Å²) in [4.78, 5) is 0. The summed E-state index contributed by atoms with van der Waals surface area (Å²) in [5, 5.41) is 0. The molecular weight excluding hydrogens is 78.8 g/mol. The van der Waals surface area contributed by atoms with Crippen molar-refractivity contribution in [2.75, 3.05) is 0 Å². The molecule has 0 aromatic heterocycles. The van der Waals surface area contributed by atoms with Crippen molar-refractivity contribution in [2.24, 2.45) is 0 Å². The first-order valence-electron chi connectivity index (χ1n) is 1.72. The third-order valence-corrected chi connectivity index (χ3v) is 0.486. The van der Waals surface area contributed by atoms with Crippen molar-refractivity contribution in [1.82, 2.24) is 0 Å². The van der Waals surface area contributed by atoms with Gasteiger partial charge in [0.2, 0.25) is 0 Å². The number of carbonyl (C=O) groups excluding carboxylic acids is 1. The van der Waals surface area contributed by atoms with E-state index in [0.717, 1.165) is 0 Å². The molecule has 0 amide bonds. The molecule has 1 rings (SSSR count). The van der Waals surface area contributed by atoms with E-state index in [2.05, 4.69) is 9.00 Å². The molecule has 0 bridgehead atoms. The Morgan fingerprint density at radius 3 is 2.83 bits per heavy atom. The van der Waals surface area contributed by atoms with Gasteiger partial charge in [0.05, 0.1) is 12.3 Å². The van der Waals surface area contributed by atoms with E-state index < -0.39 is 0 Å². The van der Waals surface area contributed by atoms with Crippen molar-refractivity contribution < 1.29 is 9.00 Å². The third-order valence-electron chi connectivity index (χ3n) is 0.486. The van der Waals surface area contributed by atoms with Gasteiger partial charge in [-0.3, -0.25) is 0 Å². The molecule has 0 saturated heterocycles. The molecule has 0 spiro atoms. The van der Waals surface area contributed by atoms with Gasteiger partial charge in [0.25, 0.3) is 6.29 Å². The summed E-state index contributed by atoms with van der Waals surface area (Å²) in [5.74, 6) is 0. The minimum absolute atomic E-state index is 0.358. The van der Waals surface area contributed by atoms with Gasteiger partial charge in [0.15, 0.2) is 0 Å². The zero-order chi connectivity index (χ0) is 4.24. The van der Waals surface area contributed by atoms with Gasteiger partial charge >= 0.3 is 7.69 Å². The topological polar surface area (TPSA) is 20.5 Å². The molecule has 2 nitrogen and oxygen atoms in total. The summed E-state index contributed by atoms with van der Waals surface area (Å²) in [7, 11) is 0.358. The molecule has 1 aliphatic heterocycles. The summed E-state index contributed by atoms with van der Waals surface area (Å²) in [5.41, 5.74) is 0. The Morgan fingerprint density at radius 1 is 1.67 bits per heavy atom. The van der Waals surface area contributed by atoms with Crippen molar-refractivity contribution in [3.05, 3.63) is 12.3 Å². The average molecular weight is 82.9 g/mol. The normalized spacial score (nSPS) is 16.0. The molecule has 3 heteroatoms. The first-order valence-corrected chi connectivity index (χ1v) is 1.72. The lowest BCUT2D eigenvalue weighted by molar-refractivity contribution is -0.296. The van der Waals surface area contributed by atoms with Gasteiger partial charge in [0.1, 0.15) is 0 Å². The zero-order valence-electron chi connectivity index (χ0n) is 3.26. The van der Waals surface area contributed by atoms with Crippen LogP contribution in [0.5, 0.6) is 0 Å². The maximum absolute atomic E-state index is 4.64. The molecule has 0 atom stereocenters. The maximum atomic E-state index is 4.64. The van der Waals surface area contributed by atoms with Crippen LogP contribution >= 0.6 is 0 Å². The Bertz CT molecular complexity index is 74.8. The van der Waals surface area contributed by atoms with Gasteiger partial charge in [-0.05, 0) is 0 Å². The second-order valence-electron chi connectivity index (χ2n) is 0.916. The van der Waals surface area contributed by atoms with Crippen molar-refractivity contribution in [3.63, 3.8) is 0 Å². The Morgan fingerprint density at radius 2 is 2.67 bits per heavy atom. The van der Waals surface area contributed by atoms with Crippen LogP contribution in [0.4, 0.5) is 0 Å². The van der Waals surface area contributed by atoms with Crippen LogP contribution in [0.2, 0.25) is 0 Å². The van der Waals surface area contributed by atoms with Crippen LogP contribution in [0, 0.1) is 0 Å². The van der Waals surface area contributed by atoms with Crippen LogP contribution in [0.3, 0.4) is 0 Å². The molecule has 6 heavy (non-hydrogen) atoms. The molecule has 0 aromatic carbocycles. The van der Waals surface area contributed by atoms with Crippen LogP contribution in [-0.4, -0.2) is 14.0 Å². The van der Waals surface area contributed by atoms with E-state index in [9.17, 15) is 0 Å². The summed E-state index contributed by atoms with van der Waals surface area (Å²) >= 11 is 0. The lowest BCUT2D eigenvalue weighted by Crippen LogP contribution is -1.97. The van der Waals surface area contributed by atoms with E-state index in [4.69, 9.17) is 0 Å². The third kappa shape index (κ3) is 0.609. The lowest BCUT2D eigenvalue weighted by Gasteiger charge is -1.81. The number of hydrogen-bond acceptors (Lipinski definition) is 1. The standard InChI is InChI=1S/C3H4BO2/c1-2-5-4-6-3-1/h1-4H/q+1. The van der Waals surface area contributed by atoms with Gasteiger partial charge in [-0.15, -0.1) is 0 Å². The number of allylic oxidation sites excluding steroid dienone is 1. The van der Waals surface area contributed by atoms with Crippen LogP contribution in [0.1, 0.15) is 0 Å². The molecule has 1 aliphatic rings. The van der Waals surface area contributed by atoms with E-state index in [-0.39, 0.29) is 0 Å². The Kier molecular flexibility index (Phi) is 0.951. The summed E-state index contributed by atoms with van der Waals surface area (Å²) in [6.45, 7) is 0. The summed E-state index contributed by atoms with van der Waals surface area (Å²) < 4.78 is 9.27. The zero-order valence-corrected chi connectivity index (χ0v) is 3.26. The van der Waals surface area contributed by atoms with E-state index in [1.54, 1.807) is 18.6 Å². The van der Waals surface area contributed by atoms with E-state index in [1.165, 1.54) is 0 Å². The van der Waals surface area contributed by atoms with Crippen molar-refractivity contribution in [1.29, 1.82) is 0 Å². The summed E-state index contributed by atoms with van der Waals surface area (Å²) in [6.07, 6.45) is 4.87. The molecule has 1 heterocycles. The predicted octanol–water partition coefficient (Wildman–Crippen LogP) is -0.469. The van der Waals surface area contributed by atoms with Gasteiger partial charge in [-0.2, -0.15) is 0 Å². The molecule has 0 saturated carbocycles. The fourth-order valence-electron chi connectivity index (χ4n) is 0.261. The quantitative estimate of drug-likeness (QED) is 0.220. The predicted molar refractivity (Wildman–Crippen MR) is 23.4 cm³/mol. The number of rotatable bonds is 0. The SMILES string of the molecule is B1OC=CC=[O+]1. The minimum atomic E-state index is 0.358. The van der Waals surface area contributed by atoms with Crippen LogP contribution in [-0.2, 0) is 9.00 Å². The van der Waals surface area contributed by atoms with Crippen molar-refractivity contribution >= 4 is 14.0 Å². The van der Waals surface area contributed by atoms with E-state index in [0.29, 0.717) is 7.69 Å². The average Bonchev–Trinajstić information content (AvgIpc) is 1.72. The first-order chi connectivity index (χ1) is 3.00. The van der Waals surface area contributed by atoms with E-state index >= 15 is 0 Å². The highest BCUT2D eigenvalue weighted by Gasteiger charge is 2.02. The van der Waals surface area contributed by atoms with Crippen molar-refractivity contribution in [3.8, 4) is 0 Å². The highest BCUT2D eigenvalue weighted by Crippen LogP contribution is 1.74. The van der Waals surface area contributed by atoms with Crippen LogP contribution in [0.15, 0.2) is 12.3 Å². The van der Waals surface area contributed by atoms with Gasteiger partial charge in [-0.25, -0.2) is 0 Å². The number of aldehydes is 1. The Labute approximate surface area is 36.4 Å². The van der Waals surface area contributed by atoms with Gasteiger partial charge < -0.3 is 9.00 Å². The van der Waals surface area contributed by atoms with Crippen molar-refractivity contribution in [2.45, 2.75) is 0 Å². The molecule has 0 fully saturated rings. The Hall–Kier alpha value is -0.725. The summed E-state index contributed by atoms with van der Waals surface area (Å²) in [6, 6.07) is 0. The first kappa shape index (κ1) is 3.46. The molecular formula is C3H4BO2+. The molecule has 30 valence electrons. The molecule has 0 aromatic rings. The van der Waals surface area contributed by atoms with Crippen LogP contribution in [0.25, 0.3) is 0 Å². The number of hydrogen-bond donors (Lipinski definition) is 0. The second-order valence-corrected chi connectivity index (χ2v) is 0.916. The highest BCUT2D eigenvalue weighted by molar-refractivity contribution is 6.16. The molecule has 0 aliphatic carbocycles. The fraction of sp³-hybridized carbons (Fsp3) is 0.